The first-order chi connectivity index (χ1) is 14.1. The van der Waals surface area contributed by atoms with Crippen LogP contribution in [0.3, 0.4) is 0 Å². The van der Waals surface area contributed by atoms with Crippen molar-refractivity contribution < 1.29 is 14.3 Å². The van der Waals surface area contributed by atoms with E-state index in [4.69, 9.17) is 9.47 Å². The number of aromatic nitrogens is 2. The topological polar surface area (TPSA) is 82.5 Å². The zero-order chi connectivity index (χ0) is 20.4. The van der Waals surface area contributed by atoms with Gasteiger partial charge in [-0.15, -0.1) is 5.10 Å². The summed E-state index contributed by atoms with van der Waals surface area (Å²) >= 11 is 0. The molecule has 4 rings (SSSR count). The number of hydrogen-bond donors (Lipinski definition) is 1. The fraction of sp³-hybridized carbons (Fsp3) is 0.318. The number of aryl methyl sites for hydroxylation is 1. The number of fused-ring (bicyclic) bond motifs is 2. The number of nitrogens with zero attached hydrogens (tertiary/aromatic N) is 2. The normalized spacial score (nSPS) is 14.0. The van der Waals surface area contributed by atoms with E-state index in [0.29, 0.717) is 16.7 Å². The minimum absolute atomic E-state index is 0.182. The first-order valence-electron chi connectivity index (χ1n) is 9.65. The van der Waals surface area contributed by atoms with Gasteiger partial charge in [0.1, 0.15) is 12.3 Å². The van der Waals surface area contributed by atoms with Crippen LogP contribution >= 0.6 is 0 Å². The van der Waals surface area contributed by atoms with Crippen molar-refractivity contribution in [2.24, 2.45) is 0 Å². The van der Waals surface area contributed by atoms with Gasteiger partial charge in [-0.05, 0) is 49.1 Å². The summed E-state index contributed by atoms with van der Waals surface area (Å²) in [5.74, 6) is 0.937. The van der Waals surface area contributed by atoms with E-state index in [2.05, 4.69) is 16.5 Å². The molecule has 0 radical (unpaired) electrons. The van der Waals surface area contributed by atoms with Gasteiger partial charge in [0.05, 0.1) is 30.5 Å². The maximum absolute atomic E-state index is 12.7. The van der Waals surface area contributed by atoms with Crippen LogP contribution in [0.4, 0.5) is 0 Å². The summed E-state index contributed by atoms with van der Waals surface area (Å²) in [6.45, 7) is 2.48. The number of hydrogen-bond acceptors (Lipinski definition) is 5. The Labute approximate surface area is 168 Å². The minimum Gasteiger partial charge on any atom is -0.493 e. The van der Waals surface area contributed by atoms with E-state index in [1.807, 2.05) is 25.1 Å². The Kier molecular flexibility index (Phi) is 5.20. The number of nitrogens with one attached hydrogen (secondary N) is 1. The Balaban J connectivity index is 1.53. The first kappa shape index (κ1) is 19.0. The molecular weight excluding hydrogens is 370 g/mol. The standard InChI is InChI=1S/C22H23N3O4/c1-14(15-9-10-19-16(12-15)6-5-11-29-19)23-20(26)13-25-22(27)18-8-4-3-7-17(18)21(24-25)28-2/h3-4,7-10,12,14H,5-6,11,13H2,1-2H3,(H,23,26)/t14-/m0/s1. The molecule has 1 aromatic heterocycles. The Morgan fingerprint density at radius 2 is 2.07 bits per heavy atom. The average molecular weight is 393 g/mol. The summed E-state index contributed by atoms with van der Waals surface area (Å²) in [5.41, 5.74) is 1.83. The Morgan fingerprint density at radius 1 is 1.28 bits per heavy atom. The van der Waals surface area contributed by atoms with Crippen LogP contribution in [0.1, 0.15) is 30.5 Å². The van der Waals surface area contributed by atoms with Crippen LogP contribution in [-0.4, -0.2) is 29.4 Å². The zero-order valence-corrected chi connectivity index (χ0v) is 16.5. The number of carbonyl (C=O) groups excluding carboxylic acids is 1. The highest BCUT2D eigenvalue weighted by Crippen LogP contribution is 2.27. The molecule has 1 aliphatic heterocycles. The second-order valence-corrected chi connectivity index (χ2v) is 7.13. The Hall–Kier alpha value is -3.35. The van der Waals surface area contributed by atoms with E-state index in [-0.39, 0.29) is 24.1 Å². The van der Waals surface area contributed by atoms with Gasteiger partial charge in [0.25, 0.3) is 5.56 Å². The van der Waals surface area contributed by atoms with Gasteiger partial charge in [-0.1, -0.05) is 24.3 Å². The molecule has 1 N–H and O–H groups in total. The molecule has 150 valence electrons. The minimum atomic E-state index is -0.324. The summed E-state index contributed by atoms with van der Waals surface area (Å²) in [5, 5.41) is 8.24. The van der Waals surface area contributed by atoms with Crippen LogP contribution in [-0.2, 0) is 17.8 Å². The fourth-order valence-corrected chi connectivity index (χ4v) is 3.62. The van der Waals surface area contributed by atoms with Crippen LogP contribution in [0.15, 0.2) is 47.3 Å². The molecule has 0 spiro atoms. The molecule has 0 bridgehead atoms. The fourth-order valence-electron chi connectivity index (χ4n) is 3.62. The van der Waals surface area contributed by atoms with Gasteiger partial charge in [0.15, 0.2) is 0 Å². The highest BCUT2D eigenvalue weighted by Gasteiger charge is 2.17. The maximum atomic E-state index is 12.7. The third-order valence-corrected chi connectivity index (χ3v) is 5.13. The lowest BCUT2D eigenvalue weighted by atomic mass is 10.00. The summed E-state index contributed by atoms with van der Waals surface area (Å²) < 4.78 is 12.1. The molecule has 0 unspecified atom stereocenters. The average Bonchev–Trinajstić information content (AvgIpc) is 2.75. The summed E-state index contributed by atoms with van der Waals surface area (Å²) in [4.78, 5) is 25.3. The van der Waals surface area contributed by atoms with Crippen LogP contribution in [0.25, 0.3) is 10.8 Å². The molecule has 1 atom stereocenters. The zero-order valence-electron chi connectivity index (χ0n) is 16.5. The van der Waals surface area contributed by atoms with Gasteiger partial charge in [0.2, 0.25) is 11.8 Å². The molecule has 0 saturated heterocycles. The molecule has 3 aromatic rings. The second kappa shape index (κ2) is 7.95. The van der Waals surface area contributed by atoms with Crippen molar-refractivity contribution in [2.45, 2.75) is 32.4 Å². The maximum Gasteiger partial charge on any atom is 0.275 e. The van der Waals surface area contributed by atoms with Crippen molar-refractivity contribution in [3.63, 3.8) is 0 Å². The van der Waals surface area contributed by atoms with E-state index in [1.54, 1.807) is 18.2 Å². The predicted molar refractivity (Wildman–Crippen MR) is 109 cm³/mol. The smallest absolute Gasteiger partial charge is 0.275 e. The number of benzene rings is 2. The molecule has 0 aliphatic carbocycles. The van der Waals surface area contributed by atoms with Gasteiger partial charge >= 0.3 is 0 Å². The van der Waals surface area contributed by atoms with Crippen molar-refractivity contribution in [3.05, 3.63) is 63.9 Å². The summed E-state index contributed by atoms with van der Waals surface area (Å²) in [6, 6.07) is 12.8. The Bertz CT molecular complexity index is 1120. The molecule has 1 amide bonds. The highest BCUT2D eigenvalue weighted by molar-refractivity contribution is 5.86. The molecule has 7 nitrogen and oxygen atoms in total. The largest absolute Gasteiger partial charge is 0.493 e. The van der Waals surface area contributed by atoms with E-state index >= 15 is 0 Å². The monoisotopic (exact) mass is 393 g/mol. The van der Waals surface area contributed by atoms with Crippen molar-refractivity contribution in [1.82, 2.24) is 15.1 Å². The van der Waals surface area contributed by atoms with Crippen molar-refractivity contribution in [3.8, 4) is 11.6 Å². The number of rotatable bonds is 5. The molecule has 2 heterocycles. The predicted octanol–water partition coefficient (Wildman–Crippen LogP) is 2.61. The molecule has 29 heavy (non-hydrogen) atoms. The molecule has 2 aromatic carbocycles. The second-order valence-electron chi connectivity index (χ2n) is 7.13. The van der Waals surface area contributed by atoms with Crippen molar-refractivity contribution in [1.29, 1.82) is 0 Å². The molecule has 1 aliphatic rings. The lowest BCUT2D eigenvalue weighted by Crippen LogP contribution is -2.35. The van der Waals surface area contributed by atoms with Gasteiger partial charge in [-0.2, -0.15) is 0 Å². The molecule has 0 saturated carbocycles. The third kappa shape index (κ3) is 3.81. The highest BCUT2D eigenvalue weighted by atomic mass is 16.5. The number of methoxy groups -OCH3 is 1. The van der Waals surface area contributed by atoms with E-state index in [0.717, 1.165) is 41.0 Å². The lowest BCUT2D eigenvalue weighted by molar-refractivity contribution is -0.122. The van der Waals surface area contributed by atoms with Crippen LogP contribution in [0, 0.1) is 0 Å². The number of amides is 1. The van der Waals surface area contributed by atoms with Gasteiger partial charge in [0, 0.05) is 0 Å². The van der Waals surface area contributed by atoms with Crippen molar-refractivity contribution >= 4 is 16.7 Å². The quantitative estimate of drug-likeness (QED) is 0.721. The third-order valence-electron chi connectivity index (χ3n) is 5.13. The van der Waals surface area contributed by atoms with Gasteiger partial charge in [-0.25, -0.2) is 4.68 Å². The molecular formula is C22H23N3O4. The van der Waals surface area contributed by atoms with Crippen LogP contribution in [0.5, 0.6) is 11.6 Å². The number of ether oxygens (including phenoxy) is 2. The summed E-state index contributed by atoms with van der Waals surface area (Å²) in [7, 11) is 1.49. The van der Waals surface area contributed by atoms with Crippen LogP contribution in [0.2, 0.25) is 0 Å². The first-order valence-corrected chi connectivity index (χ1v) is 9.65. The van der Waals surface area contributed by atoms with E-state index < -0.39 is 0 Å². The van der Waals surface area contributed by atoms with Crippen LogP contribution < -0.4 is 20.3 Å². The molecule has 0 fully saturated rings. The number of carbonyl (C=O) groups is 1. The van der Waals surface area contributed by atoms with Crippen molar-refractivity contribution in [2.75, 3.05) is 13.7 Å². The SMILES string of the molecule is COc1nn(CC(=O)N[C@@H](C)c2ccc3c(c2)CCCO3)c(=O)c2ccccc12. The van der Waals surface area contributed by atoms with Gasteiger partial charge in [-0.3, -0.25) is 9.59 Å². The summed E-state index contributed by atoms with van der Waals surface area (Å²) in [6.07, 6.45) is 1.97. The Morgan fingerprint density at radius 3 is 2.86 bits per heavy atom. The lowest BCUT2D eigenvalue weighted by Gasteiger charge is -2.20. The van der Waals surface area contributed by atoms with E-state index in [9.17, 15) is 9.59 Å². The van der Waals surface area contributed by atoms with E-state index in [1.165, 1.54) is 7.11 Å². The molecule has 7 heteroatoms. The van der Waals surface area contributed by atoms with Gasteiger partial charge < -0.3 is 14.8 Å².